The van der Waals surface area contributed by atoms with Gasteiger partial charge in [0.2, 0.25) is 0 Å². The second kappa shape index (κ2) is 5.33. The number of fused-ring (bicyclic) bond motifs is 1. The first-order chi connectivity index (χ1) is 8.83. The molecule has 0 saturated carbocycles. The van der Waals surface area contributed by atoms with Gasteiger partial charge in [0, 0.05) is 22.5 Å². The molecule has 0 bridgehead atoms. The van der Waals surface area contributed by atoms with Crippen molar-refractivity contribution in [3.05, 3.63) is 35.0 Å². The van der Waals surface area contributed by atoms with Gasteiger partial charge in [0.15, 0.2) is 0 Å². The maximum Gasteiger partial charge on any atom is 0.135 e. The van der Waals surface area contributed by atoms with Crippen LogP contribution in [0.2, 0.25) is 5.02 Å². The predicted octanol–water partition coefficient (Wildman–Crippen LogP) is 4.46. The minimum absolute atomic E-state index is 0.734. The van der Waals surface area contributed by atoms with Crippen LogP contribution in [0.5, 0.6) is 0 Å². The first-order valence-corrected chi connectivity index (χ1v) is 7.09. The molecule has 0 radical (unpaired) electrons. The largest absolute Gasteiger partial charge is 0.464 e. The smallest absolute Gasteiger partial charge is 0.135 e. The Balaban J connectivity index is 1.81. The van der Waals surface area contributed by atoms with Gasteiger partial charge in [0.25, 0.3) is 0 Å². The van der Waals surface area contributed by atoms with Gasteiger partial charge in [-0.15, -0.1) is 0 Å². The molecule has 0 N–H and O–H groups in total. The van der Waals surface area contributed by atoms with E-state index >= 15 is 0 Å². The molecular weight excluding hydrogens is 246 g/mol. The van der Waals surface area contributed by atoms with E-state index in [0.717, 1.165) is 17.2 Å². The molecule has 3 heteroatoms. The average Bonchev–Trinajstić information content (AvgIpc) is 2.59. The van der Waals surface area contributed by atoms with E-state index in [1.807, 2.05) is 18.4 Å². The van der Waals surface area contributed by atoms with E-state index in [0.29, 0.717) is 0 Å². The molecule has 2 nitrogen and oxygen atoms in total. The fraction of sp³-hybridized carbons (Fsp3) is 0.467. The predicted molar refractivity (Wildman–Crippen MR) is 75.0 cm³/mol. The Bertz CT molecular complexity index is 526. The monoisotopic (exact) mass is 263 g/mol. The molecule has 0 spiro atoms. The van der Waals surface area contributed by atoms with Crippen molar-refractivity contribution in [2.45, 2.75) is 32.2 Å². The lowest BCUT2D eigenvalue weighted by atomic mass is 10.1. The first-order valence-electron chi connectivity index (χ1n) is 6.71. The highest BCUT2D eigenvalue weighted by Crippen LogP contribution is 2.26. The Morgan fingerprint density at radius 1 is 1.11 bits per heavy atom. The van der Waals surface area contributed by atoms with Crippen LogP contribution in [-0.2, 0) is 6.54 Å². The van der Waals surface area contributed by atoms with E-state index < -0.39 is 0 Å². The summed E-state index contributed by atoms with van der Waals surface area (Å²) in [6.07, 6.45) is 7.27. The van der Waals surface area contributed by atoms with E-state index in [1.165, 1.54) is 49.7 Å². The highest BCUT2D eigenvalue weighted by atomic mass is 35.5. The summed E-state index contributed by atoms with van der Waals surface area (Å²) in [5.74, 6) is 0. The zero-order valence-electron chi connectivity index (χ0n) is 10.5. The number of hydrogen-bond donors (Lipinski definition) is 0. The second-order valence-electron chi connectivity index (χ2n) is 5.09. The third kappa shape index (κ3) is 2.55. The Labute approximate surface area is 113 Å². The van der Waals surface area contributed by atoms with Crippen molar-refractivity contribution < 1.29 is 4.42 Å². The van der Waals surface area contributed by atoms with Crippen molar-refractivity contribution >= 4 is 22.6 Å². The van der Waals surface area contributed by atoms with Crippen molar-refractivity contribution in [1.82, 2.24) is 4.90 Å². The lowest BCUT2D eigenvalue weighted by Gasteiger charge is -2.18. The molecule has 1 fully saturated rings. The Hall–Kier alpha value is -0.990. The van der Waals surface area contributed by atoms with Gasteiger partial charge in [-0.3, -0.25) is 4.90 Å². The van der Waals surface area contributed by atoms with Crippen LogP contribution in [0.25, 0.3) is 11.0 Å². The molecule has 1 aromatic carbocycles. The van der Waals surface area contributed by atoms with E-state index in [1.54, 1.807) is 0 Å². The van der Waals surface area contributed by atoms with Gasteiger partial charge in [-0.2, -0.15) is 0 Å². The maximum atomic E-state index is 5.97. The summed E-state index contributed by atoms with van der Waals surface area (Å²) in [6, 6.07) is 5.89. The van der Waals surface area contributed by atoms with Crippen molar-refractivity contribution in [2.75, 3.05) is 13.1 Å². The summed E-state index contributed by atoms with van der Waals surface area (Å²) in [7, 11) is 0. The molecule has 0 unspecified atom stereocenters. The van der Waals surface area contributed by atoms with E-state index in [4.69, 9.17) is 16.0 Å². The average molecular weight is 264 g/mol. The highest BCUT2D eigenvalue weighted by molar-refractivity contribution is 6.31. The van der Waals surface area contributed by atoms with Crippen LogP contribution in [0, 0.1) is 0 Å². The number of furan rings is 1. The summed E-state index contributed by atoms with van der Waals surface area (Å²) in [5, 5.41) is 1.93. The van der Waals surface area contributed by atoms with Crippen LogP contribution in [0.3, 0.4) is 0 Å². The number of rotatable bonds is 2. The normalized spacial score (nSPS) is 18.1. The molecule has 0 atom stereocenters. The van der Waals surface area contributed by atoms with Crippen LogP contribution < -0.4 is 0 Å². The molecule has 0 aliphatic carbocycles. The van der Waals surface area contributed by atoms with Gasteiger partial charge >= 0.3 is 0 Å². The number of benzene rings is 1. The Kier molecular flexibility index (Phi) is 3.57. The quantitative estimate of drug-likeness (QED) is 0.795. The number of hydrogen-bond acceptors (Lipinski definition) is 2. The van der Waals surface area contributed by atoms with E-state index in [2.05, 4.69) is 11.0 Å². The van der Waals surface area contributed by atoms with Crippen molar-refractivity contribution in [3.8, 4) is 0 Å². The molecule has 18 heavy (non-hydrogen) atoms. The summed E-state index contributed by atoms with van der Waals surface area (Å²) in [5.41, 5.74) is 2.18. The van der Waals surface area contributed by atoms with Crippen molar-refractivity contribution in [2.24, 2.45) is 0 Å². The minimum Gasteiger partial charge on any atom is -0.464 e. The second-order valence-corrected chi connectivity index (χ2v) is 5.53. The van der Waals surface area contributed by atoms with Crippen molar-refractivity contribution in [3.63, 3.8) is 0 Å². The van der Waals surface area contributed by atoms with Crippen LogP contribution in [0.15, 0.2) is 28.9 Å². The van der Waals surface area contributed by atoms with Crippen LogP contribution >= 0.6 is 11.6 Å². The lowest BCUT2D eigenvalue weighted by Crippen LogP contribution is -2.23. The first kappa shape index (κ1) is 12.1. The molecule has 1 saturated heterocycles. The molecule has 96 valence electrons. The molecule has 1 aliphatic rings. The molecule has 2 heterocycles. The molecular formula is C15H18ClNO. The SMILES string of the molecule is Clc1ccc2c(CN3CCCCCC3)coc2c1. The lowest BCUT2D eigenvalue weighted by molar-refractivity contribution is 0.277. The fourth-order valence-corrected chi connectivity index (χ4v) is 2.88. The van der Waals surface area contributed by atoms with Gasteiger partial charge in [0.1, 0.15) is 5.58 Å². The van der Waals surface area contributed by atoms with E-state index in [-0.39, 0.29) is 0 Å². The summed E-state index contributed by atoms with van der Waals surface area (Å²) in [4.78, 5) is 2.53. The molecule has 2 aromatic rings. The van der Waals surface area contributed by atoms with Crippen LogP contribution in [0.1, 0.15) is 31.2 Å². The molecule has 1 aliphatic heterocycles. The summed E-state index contributed by atoms with van der Waals surface area (Å²) in [6.45, 7) is 3.41. The topological polar surface area (TPSA) is 16.4 Å². The van der Waals surface area contributed by atoms with Gasteiger partial charge in [-0.25, -0.2) is 0 Å². The number of likely N-dealkylation sites (tertiary alicyclic amines) is 1. The van der Waals surface area contributed by atoms with Gasteiger partial charge < -0.3 is 4.42 Å². The fourth-order valence-electron chi connectivity index (χ4n) is 2.71. The van der Waals surface area contributed by atoms with Crippen molar-refractivity contribution in [1.29, 1.82) is 0 Å². The van der Waals surface area contributed by atoms with Gasteiger partial charge in [-0.05, 0) is 44.1 Å². The van der Waals surface area contributed by atoms with Crippen LogP contribution in [-0.4, -0.2) is 18.0 Å². The maximum absolute atomic E-state index is 5.97. The summed E-state index contributed by atoms with van der Waals surface area (Å²) >= 11 is 5.97. The van der Waals surface area contributed by atoms with Crippen LogP contribution in [0.4, 0.5) is 0 Å². The standard InChI is InChI=1S/C15H18ClNO/c16-13-5-6-14-12(11-18-15(14)9-13)10-17-7-3-1-2-4-8-17/h5-6,9,11H,1-4,7-8,10H2. The Morgan fingerprint density at radius 3 is 2.67 bits per heavy atom. The highest BCUT2D eigenvalue weighted by Gasteiger charge is 2.13. The third-order valence-corrected chi connectivity index (χ3v) is 3.95. The zero-order valence-corrected chi connectivity index (χ0v) is 11.2. The van der Waals surface area contributed by atoms with E-state index in [9.17, 15) is 0 Å². The van der Waals surface area contributed by atoms with Gasteiger partial charge in [-0.1, -0.05) is 24.4 Å². The zero-order chi connectivity index (χ0) is 12.4. The molecule has 0 amide bonds. The Morgan fingerprint density at radius 2 is 1.89 bits per heavy atom. The number of halogens is 1. The number of nitrogens with zero attached hydrogens (tertiary/aromatic N) is 1. The summed E-state index contributed by atoms with van der Waals surface area (Å²) < 4.78 is 5.59. The molecule has 3 rings (SSSR count). The minimum atomic E-state index is 0.734. The van der Waals surface area contributed by atoms with Gasteiger partial charge in [0.05, 0.1) is 6.26 Å². The third-order valence-electron chi connectivity index (χ3n) is 3.71. The molecule has 1 aromatic heterocycles.